The van der Waals surface area contributed by atoms with Crippen molar-refractivity contribution in [1.29, 1.82) is 5.26 Å². The van der Waals surface area contributed by atoms with E-state index in [0.717, 1.165) is 57.9 Å². The summed E-state index contributed by atoms with van der Waals surface area (Å²) in [4.78, 5) is 31.2. The largest absolute Gasteiger partial charge is 0.463 e. The Bertz CT molecular complexity index is 1580. The zero-order valence-electron chi connectivity index (χ0n) is 25.6. The zero-order valence-corrected chi connectivity index (χ0v) is 26.3. The lowest BCUT2D eigenvalue weighted by Crippen LogP contribution is -2.55. The topological polar surface area (TPSA) is 88.8 Å². The van der Waals surface area contributed by atoms with Gasteiger partial charge < -0.3 is 24.3 Å². The molecule has 0 radical (unpaired) electrons. The summed E-state index contributed by atoms with van der Waals surface area (Å²) in [6.07, 6.45) is 5.83. The van der Waals surface area contributed by atoms with E-state index in [9.17, 15) is 10.1 Å². The molecule has 3 aromatic rings. The number of rotatable bonds is 8. The number of fused-ring (bicyclic) bond motifs is 2. The molecule has 1 saturated carbocycles. The van der Waals surface area contributed by atoms with Crippen LogP contribution in [0.25, 0.3) is 10.8 Å². The zero-order chi connectivity index (χ0) is 30.8. The summed E-state index contributed by atoms with van der Waals surface area (Å²) in [7, 11) is 4.28. The molecule has 1 aromatic heterocycles. The summed E-state index contributed by atoms with van der Waals surface area (Å²) in [5, 5.41) is 12.4. The van der Waals surface area contributed by atoms with E-state index in [0.29, 0.717) is 50.8 Å². The van der Waals surface area contributed by atoms with Crippen molar-refractivity contribution >= 4 is 39.8 Å². The first-order valence-corrected chi connectivity index (χ1v) is 15.9. The Labute approximate surface area is 264 Å². The minimum absolute atomic E-state index is 0.143. The highest BCUT2D eigenvalue weighted by Gasteiger charge is 2.34. The number of carbonyl (C=O) groups excluding carboxylic acids is 1. The molecular weight excluding hydrogens is 574 g/mol. The number of piperazine rings is 1. The van der Waals surface area contributed by atoms with Crippen molar-refractivity contribution in [3.05, 3.63) is 65.3 Å². The highest BCUT2D eigenvalue weighted by molar-refractivity contribution is 6.36. The number of ether oxygens (including phenoxy) is 1. The lowest BCUT2D eigenvalue weighted by molar-refractivity contribution is -0.128. The van der Waals surface area contributed by atoms with Crippen LogP contribution in [0.4, 0.5) is 11.5 Å². The normalized spacial score (nSPS) is 21.8. The van der Waals surface area contributed by atoms with E-state index in [4.69, 9.17) is 26.3 Å². The average molecular weight is 614 g/mol. The fraction of sp³-hybridized carbons (Fsp3) is 0.471. The van der Waals surface area contributed by atoms with Gasteiger partial charge in [0.25, 0.3) is 0 Å². The third-order valence-electron chi connectivity index (χ3n) is 9.47. The molecule has 3 atom stereocenters. The summed E-state index contributed by atoms with van der Waals surface area (Å²) in [5.74, 6) is 1.13. The number of carbonyl (C=O) groups is 1. The lowest BCUT2D eigenvalue weighted by atomic mass is 10.0. The van der Waals surface area contributed by atoms with Crippen LogP contribution in [0.1, 0.15) is 36.9 Å². The molecule has 0 N–H and O–H groups in total. The van der Waals surface area contributed by atoms with E-state index in [1.165, 1.54) is 18.9 Å². The van der Waals surface area contributed by atoms with Gasteiger partial charge in [-0.1, -0.05) is 48.9 Å². The minimum atomic E-state index is -0.244. The Hall–Kier alpha value is -3.87. The Balaban J connectivity index is 1.34. The molecule has 9 nitrogen and oxygen atoms in total. The molecule has 230 valence electrons. The molecule has 10 heteroatoms. The SMILES string of the molecule is C=CC(=O)N1CCN(c2nc(OC[C@H]3CCC[C@@H]3N(C)C)nc3c2CCN(c2cccc4cccc(Cl)c24)C3)CC1CC#N. The molecule has 44 heavy (non-hydrogen) atoms. The summed E-state index contributed by atoms with van der Waals surface area (Å²) in [5.41, 5.74) is 3.13. The molecule has 0 spiro atoms. The number of benzene rings is 2. The molecule has 1 amide bonds. The maximum atomic E-state index is 12.6. The molecule has 1 aliphatic carbocycles. The van der Waals surface area contributed by atoms with Crippen molar-refractivity contribution in [2.45, 2.75) is 50.7 Å². The van der Waals surface area contributed by atoms with Crippen LogP contribution < -0.4 is 14.5 Å². The van der Waals surface area contributed by atoms with Gasteiger partial charge in [0.15, 0.2) is 0 Å². The Morgan fingerprint density at radius 1 is 1.16 bits per heavy atom. The molecule has 1 saturated heterocycles. The van der Waals surface area contributed by atoms with Gasteiger partial charge in [-0.3, -0.25) is 4.79 Å². The van der Waals surface area contributed by atoms with Crippen LogP contribution in [0.15, 0.2) is 49.1 Å². The minimum Gasteiger partial charge on any atom is -0.463 e. The van der Waals surface area contributed by atoms with Crippen LogP contribution in [-0.4, -0.2) is 84.6 Å². The van der Waals surface area contributed by atoms with E-state index in [1.807, 2.05) is 12.1 Å². The Morgan fingerprint density at radius 3 is 2.75 bits per heavy atom. The number of halogens is 1. The first-order valence-electron chi connectivity index (χ1n) is 15.5. The highest BCUT2D eigenvalue weighted by Crippen LogP contribution is 2.37. The van der Waals surface area contributed by atoms with Crippen LogP contribution in [0, 0.1) is 17.2 Å². The van der Waals surface area contributed by atoms with Crippen molar-refractivity contribution in [3.63, 3.8) is 0 Å². The molecule has 2 aliphatic heterocycles. The van der Waals surface area contributed by atoms with E-state index < -0.39 is 0 Å². The second kappa shape index (κ2) is 13.0. The fourth-order valence-corrected chi connectivity index (χ4v) is 7.55. The quantitative estimate of drug-likeness (QED) is 0.325. The van der Waals surface area contributed by atoms with Gasteiger partial charge in [0.1, 0.15) is 5.82 Å². The number of hydrogen-bond acceptors (Lipinski definition) is 8. The van der Waals surface area contributed by atoms with Gasteiger partial charge in [0, 0.05) is 54.8 Å². The van der Waals surface area contributed by atoms with Gasteiger partial charge in [-0.2, -0.15) is 15.2 Å². The van der Waals surface area contributed by atoms with Gasteiger partial charge in [0.2, 0.25) is 5.91 Å². The van der Waals surface area contributed by atoms with Crippen LogP contribution >= 0.6 is 11.6 Å². The molecular formula is C34H40ClN7O2. The first kappa shape index (κ1) is 30.2. The fourth-order valence-electron chi connectivity index (χ4n) is 7.27. The van der Waals surface area contributed by atoms with E-state index in [2.05, 4.69) is 65.7 Å². The number of nitrogens with zero attached hydrogens (tertiary/aromatic N) is 7. The summed E-state index contributed by atoms with van der Waals surface area (Å²) >= 11 is 6.72. The van der Waals surface area contributed by atoms with Crippen molar-refractivity contribution in [1.82, 2.24) is 19.8 Å². The van der Waals surface area contributed by atoms with Crippen molar-refractivity contribution in [2.75, 3.05) is 56.7 Å². The van der Waals surface area contributed by atoms with Gasteiger partial charge in [0.05, 0.1) is 42.4 Å². The van der Waals surface area contributed by atoms with Crippen LogP contribution in [0.5, 0.6) is 6.01 Å². The number of aromatic nitrogens is 2. The van der Waals surface area contributed by atoms with Crippen molar-refractivity contribution < 1.29 is 9.53 Å². The molecule has 2 aromatic carbocycles. The van der Waals surface area contributed by atoms with Crippen LogP contribution in [-0.2, 0) is 17.8 Å². The van der Waals surface area contributed by atoms with Gasteiger partial charge in [-0.25, -0.2) is 0 Å². The first-order chi connectivity index (χ1) is 21.4. The molecule has 3 aliphatic rings. The Kier molecular flexibility index (Phi) is 8.92. The summed E-state index contributed by atoms with van der Waals surface area (Å²) in [6.45, 7) is 7.25. The molecule has 3 heterocycles. The highest BCUT2D eigenvalue weighted by atomic mass is 35.5. The van der Waals surface area contributed by atoms with Gasteiger partial charge in [-0.05, 0) is 57.0 Å². The monoisotopic (exact) mass is 613 g/mol. The summed E-state index contributed by atoms with van der Waals surface area (Å²) in [6, 6.07) is 15.2. The third kappa shape index (κ3) is 5.93. The molecule has 6 rings (SSSR count). The summed E-state index contributed by atoms with van der Waals surface area (Å²) < 4.78 is 6.40. The maximum absolute atomic E-state index is 12.6. The van der Waals surface area contributed by atoms with E-state index in [-0.39, 0.29) is 18.4 Å². The number of hydrogen-bond donors (Lipinski definition) is 0. The van der Waals surface area contributed by atoms with Crippen LogP contribution in [0.3, 0.4) is 0 Å². The number of nitriles is 1. The van der Waals surface area contributed by atoms with Gasteiger partial charge in [-0.15, -0.1) is 0 Å². The van der Waals surface area contributed by atoms with Crippen LogP contribution in [0.2, 0.25) is 5.02 Å². The second-order valence-corrected chi connectivity index (χ2v) is 12.7. The Morgan fingerprint density at radius 2 is 1.98 bits per heavy atom. The predicted octanol–water partition coefficient (Wildman–Crippen LogP) is 5.07. The standard InChI is InChI=1S/C34H40ClN7O2/c1-4-31(43)42-19-18-41(20-25(42)14-16-36)33-26-15-17-40(30-13-6-9-23-8-5-11-27(35)32(23)30)21-28(26)37-34(38-33)44-22-24-10-7-12-29(24)39(2)3/h4-6,8-9,11,13,24-25,29H,1,7,10,12,14-15,17-22H2,2-3H3/t24-,25?,29+/m1/s1. The third-order valence-corrected chi connectivity index (χ3v) is 9.79. The second-order valence-electron chi connectivity index (χ2n) is 12.3. The number of anilines is 2. The van der Waals surface area contributed by atoms with Crippen molar-refractivity contribution in [2.24, 2.45) is 5.92 Å². The molecule has 1 unspecified atom stereocenters. The lowest BCUT2D eigenvalue weighted by Gasteiger charge is -2.42. The molecule has 2 fully saturated rings. The maximum Gasteiger partial charge on any atom is 0.318 e. The van der Waals surface area contributed by atoms with E-state index in [1.54, 1.807) is 4.90 Å². The predicted molar refractivity (Wildman–Crippen MR) is 174 cm³/mol. The number of amides is 1. The van der Waals surface area contributed by atoms with Crippen molar-refractivity contribution in [3.8, 4) is 12.1 Å². The molecule has 0 bridgehead atoms. The van der Waals surface area contributed by atoms with E-state index >= 15 is 0 Å². The van der Waals surface area contributed by atoms with Gasteiger partial charge >= 0.3 is 6.01 Å². The smallest absolute Gasteiger partial charge is 0.318 e. The average Bonchev–Trinajstić information content (AvgIpc) is 3.52.